The minimum absolute atomic E-state index is 0.00346. The molecule has 36 heavy (non-hydrogen) atoms. The van der Waals surface area contributed by atoms with Gasteiger partial charge in [-0.15, -0.1) is 0 Å². The first-order chi connectivity index (χ1) is 16.9. The zero-order valence-corrected chi connectivity index (χ0v) is 18.3. The summed E-state index contributed by atoms with van der Waals surface area (Å²) in [4.78, 5) is 29.5. The maximum absolute atomic E-state index is 14.5. The van der Waals surface area contributed by atoms with Gasteiger partial charge in [-0.3, -0.25) is 9.59 Å². The van der Waals surface area contributed by atoms with Crippen LogP contribution in [0.4, 0.5) is 32.2 Å². The SMILES string of the molecule is Nc1ncnn2c(-c3cccc(C(=O)N[C@@H]4CN(C(=O)C5CC5(F)F)C[C@@H]4F)c3)cc(C(F)(F)F)c12. The van der Waals surface area contributed by atoms with Crippen LogP contribution in [0.5, 0.6) is 0 Å². The molecule has 3 heterocycles. The Morgan fingerprint density at radius 1 is 1.17 bits per heavy atom. The van der Waals surface area contributed by atoms with Crippen LogP contribution in [0.3, 0.4) is 0 Å². The first-order valence-electron chi connectivity index (χ1n) is 10.8. The summed E-state index contributed by atoms with van der Waals surface area (Å²) in [6.45, 7) is -0.694. The van der Waals surface area contributed by atoms with Crippen molar-refractivity contribution in [2.24, 2.45) is 5.92 Å². The summed E-state index contributed by atoms with van der Waals surface area (Å²) in [6, 6.07) is 5.26. The molecule has 5 rings (SSSR count). The van der Waals surface area contributed by atoms with E-state index in [0.29, 0.717) is 0 Å². The summed E-state index contributed by atoms with van der Waals surface area (Å²) in [7, 11) is 0. The number of aromatic nitrogens is 3. The number of halogens is 6. The summed E-state index contributed by atoms with van der Waals surface area (Å²) in [5.74, 6) is -6.54. The molecule has 2 aromatic heterocycles. The van der Waals surface area contributed by atoms with Crippen LogP contribution in [0.1, 0.15) is 22.3 Å². The number of benzene rings is 1. The van der Waals surface area contributed by atoms with Gasteiger partial charge in [0.15, 0.2) is 5.82 Å². The van der Waals surface area contributed by atoms with Crippen LogP contribution in [0.25, 0.3) is 16.8 Å². The fourth-order valence-electron chi connectivity index (χ4n) is 4.34. The van der Waals surface area contributed by atoms with E-state index in [1.807, 2.05) is 0 Å². The predicted octanol–water partition coefficient (Wildman–Crippen LogP) is 2.93. The maximum Gasteiger partial charge on any atom is 0.418 e. The Bertz CT molecular complexity index is 1370. The molecule has 3 N–H and O–H groups in total. The topological polar surface area (TPSA) is 106 Å². The average molecular weight is 512 g/mol. The highest BCUT2D eigenvalue weighted by Gasteiger charge is 2.63. The molecule has 1 unspecified atom stereocenters. The summed E-state index contributed by atoms with van der Waals surface area (Å²) < 4.78 is 82.6. The predicted molar refractivity (Wildman–Crippen MR) is 114 cm³/mol. The summed E-state index contributed by atoms with van der Waals surface area (Å²) in [5.41, 5.74) is 4.36. The van der Waals surface area contributed by atoms with Gasteiger partial charge in [-0.25, -0.2) is 22.7 Å². The number of fused-ring (bicyclic) bond motifs is 1. The standard InChI is InChI=1S/C22H18F6N6O2/c23-14-7-33(20(36)13-6-21(13,24)25)8-15(14)32-19(35)11-3-1-2-10(4-11)16-5-12(22(26,27)28)17-18(29)30-9-31-34(16)17/h1-5,9,13-15H,6-8H2,(H,32,35)(H2,29,30,31)/t13?,14-,15+/m0/s1. The molecule has 2 fully saturated rings. The van der Waals surface area contributed by atoms with E-state index in [-0.39, 0.29) is 29.2 Å². The van der Waals surface area contributed by atoms with E-state index in [1.54, 1.807) is 0 Å². The number of carbonyl (C=O) groups excluding carboxylic acids is 2. The van der Waals surface area contributed by atoms with E-state index in [2.05, 4.69) is 15.4 Å². The van der Waals surface area contributed by atoms with Gasteiger partial charge in [0.25, 0.3) is 11.8 Å². The van der Waals surface area contributed by atoms with Crippen LogP contribution in [0, 0.1) is 5.92 Å². The van der Waals surface area contributed by atoms with Crippen molar-refractivity contribution >= 4 is 23.1 Å². The maximum atomic E-state index is 14.5. The van der Waals surface area contributed by atoms with Gasteiger partial charge in [-0.05, 0) is 18.2 Å². The molecule has 1 aliphatic heterocycles. The normalized spacial score (nSPS) is 23.2. The van der Waals surface area contributed by atoms with Gasteiger partial charge in [-0.2, -0.15) is 18.3 Å². The highest BCUT2D eigenvalue weighted by Crippen LogP contribution is 2.49. The lowest BCUT2D eigenvalue weighted by Crippen LogP contribution is -2.42. The molecule has 3 aromatic rings. The second-order valence-electron chi connectivity index (χ2n) is 8.78. The van der Waals surface area contributed by atoms with Crippen molar-refractivity contribution in [2.75, 3.05) is 18.8 Å². The molecular weight excluding hydrogens is 494 g/mol. The van der Waals surface area contributed by atoms with Crippen molar-refractivity contribution in [1.29, 1.82) is 0 Å². The van der Waals surface area contributed by atoms with Gasteiger partial charge in [0.2, 0.25) is 5.91 Å². The Kier molecular flexibility index (Phi) is 5.37. The van der Waals surface area contributed by atoms with E-state index in [9.17, 15) is 35.9 Å². The van der Waals surface area contributed by atoms with E-state index < -0.39 is 66.1 Å². The quantitative estimate of drug-likeness (QED) is 0.523. The van der Waals surface area contributed by atoms with Gasteiger partial charge < -0.3 is 16.0 Å². The first kappa shape index (κ1) is 23.9. The lowest BCUT2D eigenvalue weighted by molar-refractivity contribution is -0.136. The molecule has 14 heteroatoms. The number of hydrogen-bond acceptors (Lipinski definition) is 5. The van der Waals surface area contributed by atoms with E-state index in [1.165, 1.54) is 24.3 Å². The smallest absolute Gasteiger partial charge is 0.382 e. The van der Waals surface area contributed by atoms with Crippen LogP contribution in [0.2, 0.25) is 0 Å². The molecule has 0 bridgehead atoms. The Balaban J connectivity index is 1.38. The van der Waals surface area contributed by atoms with Crippen molar-refractivity contribution in [3.8, 4) is 11.3 Å². The van der Waals surface area contributed by atoms with Crippen LogP contribution >= 0.6 is 0 Å². The fourth-order valence-corrected chi connectivity index (χ4v) is 4.34. The zero-order chi connectivity index (χ0) is 26.0. The Hall–Kier alpha value is -3.84. The van der Waals surface area contributed by atoms with Crippen molar-refractivity contribution < 1.29 is 35.9 Å². The minimum Gasteiger partial charge on any atom is -0.382 e. The lowest BCUT2D eigenvalue weighted by atomic mass is 10.1. The number of nitrogens with one attached hydrogen (secondary N) is 1. The van der Waals surface area contributed by atoms with E-state index in [0.717, 1.165) is 21.8 Å². The Morgan fingerprint density at radius 2 is 1.89 bits per heavy atom. The third-order valence-corrected chi connectivity index (χ3v) is 6.31. The first-order valence-corrected chi connectivity index (χ1v) is 10.8. The van der Waals surface area contributed by atoms with Crippen LogP contribution < -0.4 is 11.1 Å². The number of likely N-dealkylation sites (tertiary alicyclic amines) is 1. The number of nitrogen functional groups attached to an aromatic ring is 1. The van der Waals surface area contributed by atoms with E-state index in [4.69, 9.17) is 5.73 Å². The van der Waals surface area contributed by atoms with Crippen molar-refractivity contribution in [3.63, 3.8) is 0 Å². The van der Waals surface area contributed by atoms with Crippen molar-refractivity contribution in [1.82, 2.24) is 24.8 Å². The number of anilines is 1. The molecule has 2 aliphatic rings. The second kappa shape index (κ2) is 8.10. The number of nitrogens with zero attached hydrogens (tertiary/aromatic N) is 4. The monoisotopic (exact) mass is 512 g/mol. The largest absolute Gasteiger partial charge is 0.418 e. The van der Waals surface area contributed by atoms with Crippen LogP contribution in [-0.4, -0.2) is 62.5 Å². The number of amides is 2. The molecule has 1 saturated heterocycles. The molecule has 190 valence electrons. The molecule has 1 saturated carbocycles. The summed E-state index contributed by atoms with van der Waals surface area (Å²) >= 11 is 0. The zero-order valence-electron chi connectivity index (χ0n) is 18.3. The Morgan fingerprint density at radius 3 is 2.56 bits per heavy atom. The highest BCUT2D eigenvalue weighted by atomic mass is 19.4. The van der Waals surface area contributed by atoms with Crippen molar-refractivity contribution in [3.05, 3.63) is 47.8 Å². The van der Waals surface area contributed by atoms with Gasteiger partial charge in [0, 0.05) is 24.1 Å². The number of nitrogens with two attached hydrogens (primary N) is 1. The number of hydrogen-bond donors (Lipinski definition) is 2. The summed E-state index contributed by atoms with van der Waals surface area (Å²) in [6.07, 6.45) is -6.00. The van der Waals surface area contributed by atoms with Gasteiger partial charge >= 0.3 is 6.18 Å². The molecule has 1 aromatic carbocycles. The van der Waals surface area contributed by atoms with Gasteiger partial charge in [0.1, 0.15) is 23.9 Å². The molecule has 8 nitrogen and oxygen atoms in total. The van der Waals surface area contributed by atoms with Crippen molar-refractivity contribution in [2.45, 2.75) is 30.7 Å². The minimum atomic E-state index is -4.75. The number of rotatable bonds is 4. The fraction of sp³-hybridized carbons (Fsp3) is 0.364. The molecule has 3 atom stereocenters. The average Bonchev–Trinajstić information content (AvgIpc) is 3.12. The van der Waals surface area contributed by atoms with Crippen LogP contribution in [0.15, 0.2) is 36.7 Å². The third kappa shape index (κ3) is 4.09. The Labute approximate surface area is 199 Å². The highest BCUT2D eigenvalue weighted by molar-refractivity contribution is 5.96. The summed E-state index contributed by atoms with van der Waals surface area (Å²) in [5, 5.41) is 6.30. The number of alkyl halides is 6. The lowest BCUT2D eigenvalue weighted by Gasteiger charge is -2.17. The number of carbonyl (C=O) groups is 2. The molecule has 1 aliphatic carbocycles. The molecule has 0 radical (unpaired) electrons. The molecular formula is C22H18F6N6O2. The molecule has 0 spiro atoms. The van der Waals surface area contributed by atoms with E-state index >= 15 is 0 Å². The van der Waals surface area contributed by atoms with Gasteiger partial charge in [0.05, 0.1) is 23.8 Å². The second-order valence-corrected chi connectivity index (χ2v) is 8.78. The molecule has 2 amide bonds. The van der Waals surface area contributed by atoms with Gasteiger partial charge in [-0.1, -0.05) is 12.1 Å². The van der Waals surface area contributed by atoms with Crippen LogP contribution in [-0.2, 0) is 11.0 Å². The third-order valence-electron chi connectivity index (χ3n) is 6.31.